The molecule has 0 N–H and O–H groups in total. The number of methoxy groups -OCH3 is 1. The van der Waals surface area contributed by atoms with Gasteiger partial charge in [0.1, 0.15) is 0 Å². The molecule has 0 saturated heterocycles. The second-order valence-corrected chi connectivity index (χ2v) is 5.55. The predicted molar refractivity (Wildman–Crippen MR) is 73.3 cm³/mol. The van der Waals surface area contributed by atoms with Crippen LogP contribution in [0.5, 0.6) is 0 Å². The van der Waals surface area contributed by atoms with Gasteiger partial charge in [-0.1, -0.05) is 29.3 Å². The minimum atomic E-state index is 0.498. The smallest absolute Gasteiger partial charge is 0.0586 e. The van der Waals surface area contributed by atoms with Crippen LogP contribution in [-0.4, -0.2) is 42.6 Å². The van der Waals surface area contributed by atoms with Crippen LogP contribution in [0.4, 0.5) is 0 Å². The highest BCUT2D eigenvalue weighted by Crippen LogP contribution is 2.25. The molecule has 0 radical (unpaired) electrons. The van der Waals surface area contributed by atoms with Crippen molar-refractivity contribution in [3.63, 3.8) is 0 Å². The second-order valence-electron chi connectivity index (χ2n) is 4.76. The monoisotopic (exact) mass is 291 g/mol. The number of halogens is 1. The average Bonchev–Trinajstić information content (AvgIpc) is 2.34. The summed E-state index contributed by atoms with van der Waals surface area (Å²) in [6.07, 6.45) is 8.28. The molecule has 2 nitrogen and oxygen atoms in total. The molecule has 0 heterocycles. The van der Waals surface area contributed by atoms with Gasteiger partial charge < -0.3 is 4.74 Å². The summed E-state index contributed by atoms with van der Waals surface area (Å²) in [5.41, 5.74) is 0. The van der Waals surface area contributed by atoms with Gasteiger partial charge in [-0.15, -0.1) is 0 Å². The second kappa shape index (κ2) is 8.48. The predicted octanol–water partition coefficient (Wildman–Crippen LogP) is 3.44. The lowest BCUT2D eigenvalue weighted by molar-refractivity contribution is 0.0293. The highest BCUT2D eigenvalue weighted by molar-refractivity contribution is 9.09. The van der Waals surface area contributed by atoms with E-state index in [9.17, 15) is 0 Å². The molecule has 0 aromatic heterocycles. The van der Waals surface area contributed by atoms with Crippen LogP contribution in [0.15, 0.2) is 0 Å². The highest BCUT2D eigenvalue weighted by atomic mass is 79.9. The summed E-state index contributed by atoms with van der Waals surface area (Å²) < 4.78 is 5.52. The fourth-order valence-electron chi connectivity index (χ4n) is 2.61. The van der Waals surface area contributed by atoms with Crippen LogP contribution >= 0.6 is 15.9 Å². The topological polar surface area (TPSA) is 12.5 Å². The van der Waals surface area contributed by atoms with Gasteiger partial charge in [0.05, 0.1) is 6.10 Å². The number of rotatable bonds is 7. The van der Waals surface area contributed by atoms with Crippen molar-refractivity contribution in [2.45, 2.75) is 57.6 Å². The lowest BCUT2D eigenvalue weighted by Crippen LogP contribution is -2.42. The maximum absolute atomic E-state index is 5.52. The van der Waals surface area contributed by atoms with Gasteiger partial charge in [-0.3, -0.25) is 4.90 Å². The lowest BCUT2D eigenvalue weighted by Gasteiger charge is -2.37. The quantitative estimate of drug-likeness (QED) is 0.666. The van der Waals surface area contributed by atoms with Gasteiger partial charge in [0, 0.05) is 25.0 Å². The molecule has 1 rings (SSSR count). The van der Waals surface area contributed by atoms with E-state index in [0.717, 1.165) is 11.4 Å². The first-order valence-electron chi connectivity index (χ1n) is 6.64. The Bertz CT molecular complexity index is 175. The van der Waals surface area contributed by atoms with E-state index in [-0.39, 0.29) is 0 Å². The van der Waals surface area contributed by atoms with Crippen molar-refractivity contribution in [3.05, 3.63) is 0 Å². The fourth-order valence-corrected chi connectivity index (χ4v) is 3.07. The van der Waals surface area contributed by atoms with Crippen molar-refractivity contribution in [1.29, 1.82) is 0 Å². The van der Waals surface area contributed by atoms with Crippen LogP contribution in [0.3, 0.4) is 0 Å². The van der Waals surface area contributed by atoms with Crippen molar-refractivity contribution in [2.24, 2.45) is 0 Å². The van der Waals surface area contributed by atoms with Crippen molar-refractivity contribution >= 4 is 15.9 Å². The zero-order valence-electron chi connectivity index (χ0n) is 10.8. The number of unbranched alkanes of at least 4 members (excludes halogenated alkanes) is 1. The van der Waals surface area contributed by atoms with Crippen LogP contribution in [-0.2, 0) is 4.74 Å². The molecule has 96 valence electrons. The van der Waals surface area contributed by atoms with E-state index >= 15 is 0 Å². The summed E-state index contributed by atoms with van der Waals surface area (Å²) in [6, 6.07) is 0.753. The molecular formula is C13H26BrNO. The molecule has 3 heteroatoms. The Morgan fingerprint density at radius 2 is 2.12 bits per heavy atom. The highest BCUT2D eigenvalue weighted by Gasteiger charge is 2.25. The molecule has 1 saturated carbocycles. The normalized spacial score (nSPS) is 26.2. The van der Waals surface area contributed by atoms with Crippen LogP contribution in [0.25, 0.3) is 0 Å². The molecule has 0 amide bonds. The average molecular weight is 292 g/mol. The minimum Gasteiger partial charge on any atom is -0.381 e. The third-order valence-electron chi connectivity index (χ3n) is 3.62. The van der Waals surface area contributed by atoms with E-state index in [1.165, 1.54) is 51.6 Å². The molecule has 2 atom stereocenters. The van der Waals surface area contributed by atoms with Crippen molar-refractivity contribution < 1.29 is 4.74 Å². The van der Waals surface area contributed by atoms with E-state index in [0.29, 0.717) is 6.10 Å². The summed E-state index contributed by atoms with van der Waals surface area (Å²) in [5.74, 6) is 0. The van der Waals surface area contributed by atoms with Crippen LogP contribution < -0.4 is 0 Å². The lowest BCUT2D eigenvalue weighted by atomic mass is 9.91. The third-order valence-corrected chi connectivity index (χ3v) is 3.97. The van der Waals surface area contributed by atoms with Gasteiger partial charge in [0.2, 0.25) is 0 Å². The maximum atomic E-state index is 5.52. The first kappa shape index (κ1) is 14.5. The van der Waals surface area contributed by atoms with Crippen molar-refractivity contribution in [2.75, 3.05) is 25.5 Å². The van der Waals surface area contributed by atoms with E-state index in [1.54, 1.807) is 0 Å². The van der Waals surface area contributed by atoms with E-state index < -0.39 is 0 Å². The molecule has 0 bridgehead atoms. The molecule has 16 heavy (non-hydrogen) atoms. The van der Waals surface area contributed by atoms with Gasteiger partial charge in [-0.25, -0.2) is 0 Å². The Morgan fingerprint density at radius 1 is 1.31 bits per heavy atom. The maximum Gasteiger partial charge on any atom is 0.0586 e. The van der Waals surface area contributed by atoms with E-state index in [1.807, 2.05) is 7.11 Å². The van der Waals surface area contributed by atoms with Crippen LogP contribution in [0.1, 0.15) is 45.4 Å². The molecule has 1 aliphatic rings. The van der Waals surface area contributed by atoms with Crippen LogP contribution in [0.2, 0.25) is 0 Å². The Balaban J connectivity index is 2.41. The zero-order valence-corrected chi connectivity index (χ0v) is 12.3. The summed E-state index contributed by atoms with van der Waals surface area (Å²) in [4.78, 5) is 2.66. The molecular weight excluding hydrogens is 266 g/mol. The number of alkyl halides is 1. The van der Waals surface area contributed by atoms with Crippen LogP contribution in [0, 0.1) is 0 Å². The van der Waals surface area contributed by atoms with Gasteiger partial charge in [-0.05, 0) is 38.6 Å². The summed E-state index contributed by atoms with van der Waals surface area (Å²) in [7, 11) is 1.86. The third kappa shape index (κ3) is 4.72. The molecule has 1 aliphatic carbocycles. The zero-order chi connectivity index (χ0) is 11.8. The standard InChI is InChI=1S/C13H26BrNO/c1-3-4-9-15(10-8-14)12-6-5-7-13(11-12)16-2/h12-13H,3-11H2,1-2H3. The van der Waals surface area contributed by atoms with Gasteiger partial charge in [0.25, 0.3) is 0 Å². The number of nitrogens with zero attached hydrogens (tertiary/aromatic N) is 1. The molecule has 2 unspecified atom stereocenters. The van der Waals surface area contributed by atoms with E-state index in [4.69, 9.17) is 4.74 Å². The summed E-state index contributed by atoms with van der Waals surface area (Å²) in [6.45, 7) is 4.70. The number of ether oxygens (including phenoxy) is 1. The summed E-state index contributed by atoms with van der Waals surface area (Å²) >= 11 is 3.57. The first-order chi connectivity index (χ1) is 7.81. The Hall–Kier alpha value is 0.400. The fraction of sp³-hybridized carbons (Fsp3) is 1.00. The van der Waals surface area contributed by atoms with Gasteiger partial charge in [-0.2, -0.15) is 0 Å². The molecule has 0 aliphatic heterocycles. The number of hydrogen-bond acceptors (Lipinski definition) is 2. The molecule has 0 aromatic rings. The molecule has 0 aromatic carbocycles. The Kier molecular flexibility index (Phi) is 7.67. The van der Waals surface area contributed by atoms with Gasteiger partial charge in [0.15, 0.2) is 0 Å². The van der Waals surface area contributed by atoms with Crippen molar-refractivity contribution in [1.82, 2.24) is 4.90 Å². The first-order valence-corrected chi connectivity index (χ1v) is 7.76. The van der Waals surface area contributed by atoms with E-state index in [2.05, 4.69) is 27.8 Å². The SMILES string of the molecule is CCCCN(CCBr)C1CCCC(OC)C1. The van der Waals surface area contributed by atoms with Crippen molar-refractivity contribution in [3.8, 4) is 0 Å². The largest absolute Gasteiger partial charge is 0.381 e. The van der Waals surface area contributed by atoms with Gasteiger partial charge >= 0.3 is 0 Å². The number of hydrogen-bond donors (Lipinski definition) is 0. The molecule has 0 spiro atoms. The Morgan fingerprint density at radius 3 is 2.75 bits per heavy atom. The Labute approximate surface area is 109 Å². The molecule has 1 fully saturated rings. The summed E-state index contributed by atoms with van der Waals surface area (Å²) in [5, 5.41) is 1.09. The minimum absolute atomic E-state index is 0.498.